The first-order chi connectivity index (χ1) is 12.2. The van der Waals surface area contributed by atoms with Crippen molar-refractivity contribution >= 4 is 29.2 Å². The molecule has 128 valence electrons. The number of hydrogen-bond acceptors (Lipinski definition) is 5. The SMILES string of the molecule is COc1ccc2cc(/C=N\n3c([C@@H]4CCCO4)n[nH]c3=S)ccc2c1. The number of nitrogens with zero attached hydrogens (tertiary/aromatic N) is 3. The predicted molar refractivity (Wildman–Crippen MR) is 98.8 cm³/mol. The Labute approximate surface area is 150 Å². The van der Waals surface area contributed by atoms with E-state index in [1.54, 1.807) is 18.0 Å². The molecular formula is C18H18N4O2S. The summed E-state index contributed by atoms with van der Waals surface area (Å²) in [5.41, 5.74) is 0.985. The maximum atomic E-state index is 5.69. The molecule has 1 aromatic heterocycles. The quantitative estimate of drug-likeness (QED) is 0.571. The first kappa shape index (κ1) is 16.0. The highest BCUT2D eigenvalue weighted by Crippen LogP contribution is 2.27. The van der Waals surface area contributed by atoms with Crippen molar-refractivity contribution in [1.29, 1.82) is 0 Å². The van der Waals surface area contributed by atoms with Gasteiger partial charge >= 0.3 is 0 Å². The van der Waals surface area contributed by atoms with Gasteiger partial charge in [0.1, 0.15) is 11.9 Å². The average molecular weight is 354 g/mol. The van der Waals surface area contributed by atoms with E-state index in [9.17, 15) is 0 Å². The van der Waals surface area contributed by atoms with Crippen LogP contribution in [0.5, 0.6) is 5.75 Å². The Hall–Kier alpha value is -2.51. The van der Waals surface area contributed by atoms with Crippen LogP contribution < -0.4 is 4.74 Å². The van der Waals surface area contributed by atoms with Gasteiger partial charge in [0, 0.05) is 6.61 Å². The van der Waals surface area contributed by atoms with Gasteiger partial charge in [-0.3, -0.25) is 5.10 Å². The number of nitrogens with one attached hydrogen (secondary N) is 1. The molecule has 25 heavy (non-hydrogen) atoms. The number of fused-ring (bicyclic) bond motifs is 1. The van der Waals surface area contributed by atoms with E-state index in [2.05, 4.69) is 27.4 Å². The van der Waals surface area contributed by atoms with E-state index in [1.165, 1.54) is 0 Å². The second kappa shape index (κ2) is 6.78. The van der Waals surface area contributed by atoms with E-state index in [0.717, 1.165) is 47.4 Å². The van der Waals surface area contributed by atoms with Gasteiger partial charge < -0.3 is 9.47 Å². The molecule has 2 heterocycles. The van der Waals surface area contributed by atoms with Crippen LogP contribution in [0.25, 0.3) is 10.8 Å². The van der Waals surface area contributed by atoms with Gasteiger partial charge in [-0.1, -0.05) is 18.2 Å². The number of aromatic amines is 1. The average Bonchev–Trinajstić information content (AvgIpc) is 3.29. The van der Waals surface area contributed by atoms with Gasteiger partial charge in [0.25, 0.3) is 0 Å². The fourth-order valence-electron chi connectivity index (χ4n) is 2.98. The second-order valence-corrected chi connectivity index (χ2v) is 6.30. The standard InChI is InChI=1S/C18H18N4O2S/c1-23-15-7-6-13-9-12(4-5-14(13)10-15)11-19-22-17(20-21-18(22)25)16-3-2-8-24-16/h4-7,9-11,16H,2-3,8H2,1H3,(H,21,25)/b19-11-/t16-/m0/s1. The zero-order valence-electron chi connectivity index (χ0n) is 13.8. The molecule has 0 saturated carbocycles. The van der Waals surface area contributed by atoms with Crippen LogP contribution in [0.1, 0.15) is 30.3 Å². The Morgan fingerprint density at radius 3 is 2.96 bits per heavy atom. The van der Waals surface area contributed by atoms with Crippen molar-refractivity contribution in [2.75, 3.05) is 13.7 Å². The minimum Gasteiger partial charge on any atom is -0.497 e. The van der Waals surface area contributed by atoms with Crippen molar-refractivity contribution in [3.63, 3.8) is 0 Å². The molecule has 0 spiro atoms. The lowest BCUT2D eigenvalue weighted by atomic mass is 10.1. The minimum absolute atomic E-state index is 0.0471. The molecule has 1 saturated heterocycles. The van der Waals surface area contributed by atoms with Crippen LogP contribution in [0.4, 0.5) is 0 Å². The number of benzene rings is 2. The second-order valence-electron chi connectivity index (χ2n) is 5.92. The fourth-order valence-corrected chi connectivity index (χ4v) is 3.17. The van der Waals surface area contributed by atoms with Crippen molar-refractivity contribution in [3.8, 4) is 5.75 Å². The normalized spacial score (nSPS) is 17.6. The highest BCUT2D eigenvalue weighted by atomic mass is 32.1. The van der Waals surface area contributed by atoms with Crippen molar-refractivity contribution < 1.29 is 9.47 Å². The van der Waals surface area contributed by atoms with E-state index in [0.29, 0.717) is 4.77 Å². The molecule has 0 aliphatic carbocycles. The number of ether oxygens (including phenoxy) is 2. The monoisotopic (exact) mass is 354 g/mol. The summed E-state index contributed by atoms with van der Waals surface area (Å²) < 4.78 is 13.1. The van der Waals surface area contributed by atoms with Crippen LogP contribution in [-0.2, 0) is 4.74 Å². The number of hydrogen-bond donors (Lipinski definition) is 1. The zero-order valence-corrected chi connectivity index (χ0v) is 14.6. The lowest BCUT2D eigenvalue weighted by Gasteiger charge is -2.07. The molecular weight excluding hydrogens is 336 g/mol. The Bertz CT molecular complexity index is 986. The third kappa shape index (κ3) is 3.20. The molecule has 2 aromatic carbocycles. The summed E-state index contributed by atoms with van der Waals surface area (Å²) >= 11 is 5.29. The summed E-state index contributed by atoms with van der Waals surface area (Å²) in [6.07, 6.45) is 3.71. The molecule has 1 N–H and O–H groups in total. The summed E-state index contributed by atoms with van der Waals surface area (Å²) in [5, 5.41) is 13.8. The summed E-state index contributed by atoms with van der Waals surface area (Å²) in [4.78, 5) is 0. The third-order valence-electron chi connectivity index (χ3n) is 4.29. The number of H-pyrrole nitrogens is 1. The lowest BCUT2D eigenvalue weighted by Crippen LogP contribution is -2.05. The molecule has 7 heteroatoms. The van der Waals surface area contributed by atoms with E-state index in [1.807, 2.05) is 24.3 Å². The first-order valence-electron chi connectivity index (χ1n) is 8.16. The highest BCUT2D eigenvalue weighted by molar-refractivity contribution is 7.71. The number of methoxy groups -OCH3 is 1. The van der Waals surface area contributed by atoms with Crippen molar-refractivity contribution in [3.05, 3.63) is 52.6 Å². The fraction of sp³-hybridized carbons (Fsp3) is 0.278. The third-order valence-corrected chi connectivity index (χ3v) is 4.55. The Balaban J connectivity index is 1.65. The summed E-state index contributed by atoms with van der Waals surface area (Å²) in [5.74, 6) is 1.57. The van der Waals surface area contributed by atoms with E-state index in [4.69, 9.17) is 21.7 Å². The molecule has 4 rings (SSSR count). The van der Waals surface area contributed by atoms with Crippen LogP contribution in [0.3, 0.4) is 0 Å². The largest absolute Gasteiger partial charge is 0.497 e. The predicted octanol–water partition coefficient (Wildman–Crippen LogP) is 3.84. The van der Waals surface area contributed by atoms with Gasteiger partial charge in [0.05, 0.1) is 13.3 Å². The van der Waals surface area contributed by atoms with Crippen molar-refractivity contribution in [2.45, 2.75) is 18.9 Å². The molecule has 0 unspecified atom stereocenters. The first-order valence-corrected chi connectivity index (χ1v) is 8.56. The molecule has 1 fully saturated rings. The van der Waals surface area contributed by atoms with Crippen LogP contribution >= 0.6 is 12.2 Å². The van der Waals surface area contributed by atoms with E-state index in [-0.39, 0.29) is 6.10 Å². The number of rotatable bonds is 4. The maximum Gasteiger partial charge on any atom is 0.216 e. The van der Waals surface area contributed by atoms with Gasteiger partial charge in [0.15, 0.2) is 5.82 Å². The smallest absolute Gasteiger partial charge is 0.216 e. The Kier molecular flexibility index (Phi) is 4.33. The van der Waals surface area contributed by atoms with Gasteiger partial charge in [-0.25, -0.2) is 0 Å². The van der Waals surface area contributed by atoms with Gasteiger partial charge in [-0.2, -0.15) is 14.9 Å². The van der Waals surface area contributed by atoms with E-state index >= 15 is 0 Å². The molecule has 1 aliphatic heterocycles. The molecule has 3 aromatic rings. The van der Waals surface area contributed by atoms with Crippen LogP contribution in [0, 0.1) is 4.77 Å². The molecule has 0 radical (unpaired) electrons. The van der Waals surface area contributed by atoms with Crippen molar-refractivity contribution in [2.24, 2.45) is 5.10 Å². The zero-order chi connectivity index (χ0) is 17.2. The molecule has 0 amide bonds. The molecule has 1 atom stereocenters. The maximum absolute atomic E-state index is 5.69. The van der Waals surface area contributed by atoms with Crippen LogP contribution in [0.15, 0.2) is 41.5 Å². The Morgan fingerprint density at radius 2 is 2.16 bits per heavy atom. The topological polar surface area (TPSA) is 64.4 Å². The van der Waals surface area contributed by atoms with Crippen LogP contribution in [0.2, 0.25) is 0 Å². The molecule has 0 bridgehead atoms. The molecule has 1 aliphatic rings. The summed E-state index contributed by atoms with van der Waals surface area (Å²) in [6, 6.07) is 12.1. The highest BCUT2D eigenvalue weighted by Gasteiger charge is 2.23. The van der Waals surface area contributed by atoms with Gasteiger partial charge in [-0.15, -0.1) is 0 Å². The Morgan fingerprint density at radius 1 is 1.32 bits per heavy atom. The summed E-state index contributed by atoms with van der Waals surface area (Å²) in [7, 11) is 1.67. The van der Waals surface area contributed by atoms with Gasteiger partial charge in [0.2, 0.25) is 4.77 Å². The van der Waals surface area contributed by atoms with Gasteiger partial charge in [-0.05, 0) is 59.6 Å². The van der Waals surface area contributed by atoms with E-state index < -0.39 is 0 Å². The number of aromatic nitrogens is 3. The molecule has 6 nitrogen and oxygen atoms in total. The van der Waals surface area contributed by atoms with Crippen molar-refractivity contribution in [1.82, 2.24) is 14.9 Å². The lowest BCUT2D eigenvalue weighted by molar-refractivity contribution is 0.102. The summed E-state index contributed by atoms with van der Waals surface area (Å²) in [6.45, 7) is 0.752. The van der Waals surface area contributed by atoms with Crippen LogP contribution in [-0.4, -0.2) is 34.8 Å². The minimum atomic E-state index is -0.0471.